The lowest BCUT2D eigenvalue weighted by Crippen LogP contribution is -2.70. The summed E-state index contributed by atoms with van der Waals surface area (Å²) >= 11 is 0. The summed E-state index contributed by atoms with van der Waals surface area (Å²) in [5.74, 6) is -0.0679. The molecule has 2 saturated heterocycles. The van der Waals surface area contributed by atoms with Crippen molar-refractivity contribution in [3.8, 4) is 0 Å². The number of aromatic nitrogens is 3. The van der Waals surface area contributed by atoms with Crippen LogP contribution in [0, 0.1) is 0 Å². The predicted molar refractivity (Wildman–Crippen MR) is 93.0 cm³/mol. The molecule has 2 fully saturated rings. The second-order valence-corrected chi connectivity index (χ2v) is 9.23. The lowest BCUT2D eigenvalue weighted by Gasteiger charge is -2.52. The van der Waals surface area contributed by atoms with Crippen LogP contribution in [-0.2, 0) is 32.3 Å². The number of likely N-dealkylation sites (tertiary alicyclic amines) is 1. The van der Waals surface area contributed by atoms with Gasteiger partial charge in [-0.05, 0) is 5.56 Å². The minimum Gasteiger partial charge on any atom is -0.369 e. The van der Waals surface area contributed by atoms with E-state index in [0.717, 1.165) is 5.56 Å². The molecule has 8 nitrogen and oxygen atoms in total. The second-order valence-electron chi connectivity index (χ2n) is 6.95. The van der Waals surface area contributed by atoms with Crippen LogP contribution in [0.4, 0.5) is 0 Å². The van der Waals surface area contributed by atoms with Gasteiger partial charge in [0.25, 0.3) is 0 Å². The minimum absolute atomic E-state index is 0.00689. The zero-order valence-corrected chi connectivity index (χ0v) is 15.0. The Morgan fingerprint density at radius 1 is 1.27 bits per heavy atom. The number of amides is 1. The first kappa shape index (κ1) is 17.2. The van der Waals surface area contributed by atoms with E-state index in [1.54, 1.807) is 4.90 Å². The summed E-state index contributed by atoms with van der Waals surface area (Å²) in [4.78, 5) is 17.9. The quantitative estimate of drug-likeness (QED) is 0.741. The first-order chi connectivity index (χ1) is 12.5. The third-order valence-corrected chi connectivity index (χ3v) is 7.14. The highest BCUT2D eigenvalue weighted by atomic mass is 32.2. The van der Waals surface area contributed by atoms with Crippen molar-refractivity contribution in [1.29, 1.82) is 0 Å². The number of benzene rings is 1. The van der Waals surface area contributed by atoms with Gasteiger partial charge in [0.1, 0.15) is 23.5 Å². The van der Waals surface area contributed by atoms with Crippen molar-refractivity contribution in [3.63, 3.8) is 0 Å². The predicted octanol–water partition coefficient (Wildman–Crippen LogP) is -0.0846. The van der Waals surface area contributed by atoms with Gasteiger partial charge in [-0.15, -0.1) is 0 Å². The number of hydrogen-bond acceptors (Lipinski definition) is 6. The molecule has 26 heavy (non-hydrogen) atoms. The van der Waals surface area contributed by atoms with E-state index in [-0.39, 0.29) is 24.8 Å². The van der Waals surface area contributed by atoms with Gasteiger partial charge in [0.15, 0.2) is 9.84 Å². The van der Waals surface area contributed by atoms with Gasteiger partial charge in [-0.1, -0.05) is 30.3 Å². The third-order valence-electron chi connectivity index (χ3n) is 4.91. The molecule has 1 atom stereocenters. The topological polar surface area (TPSA) is 94.4 Å². The average Bonchev–Trinajstić information content (AvgIpc) is 3.08. The molecular weight excluding hydrogens is 356 g/mol. The molecule has 0 bridgehead atoms. The lowest BCUT2D eigenvalue weighted by atomic mass is 9.94. The Hall–Kier alpha value is -2.26. The monoisotopic (exact) mass is 376 g/mol. The SMILES string of the molecule is O=C(Cc1ccccc1)N1CC2(C1)CS(=O)(=O)[C@@H](Cn1cncn1)CO2. The van der Waals surface area contributed by atoms with Gasteiger partial charge in [0.05, 0.1) is 38.4 Å². The van der Waals surface area contributed by atoms with Crippen molar-refractivity contribution >= 4 is 15.7 Å². The maximum atomic E-state index is 12.6. The Labute approximate surface area is 151 Å². The highest BCUT2D eigenvalue weighted by Crippen LogP contribution is 2.33. The van der Waals surface area contributed by atoms with Crippen molar-refractivity contribution in [2.75, 3.05) is 25.4 Å². The number of nitrogens with zero attached hydrogens (tertiary/aromatic N) is 4. The summed E-state index contributed by atoms with van der Waals surface area (Å²) in [6.07, 6.45) is 3.19. The van der Waals surface area contributed by atoms with Crippen molar-refractivity contribution in [2.45, 2.75) is 23.8 Å². The molecule has 0 N–H and O–H groups in total. The Bertz CT molecular complexity index is 877. The maximum absolute atomic E-state index is 12.6. The van der Waals surface area contributed by atoms with E-state index in [2.05, 4.69) is 10.1 Å². The summed E-state index contributed by atoms with van der Waals surface area (Å²) in [7, 11) is -3.33. The first-order valence-electron chi connectivity index (χ1n) is 8.45. The van der Waals surface area contributed by atoms with Gasteiger partial charge in [0, 0.05) is 0 Å². The average molecular weight is 376 g/mol. The number of rotatable bonds is 4. The van der Waals surface area contributed by atoms with Crippen LogP contribution < -0.4 is 0 Å². The van der Waals surface area contributed by atoms with Gasteiger partial charge in [-0.2, -0.15) is 5.10 Å². The van der Waals surface area contributed by atoms with Crippen LogP contribution in [0.3, 0.4) is 0 Å². The molecule has 1 amide bonds. The van der Waals surface area contributed by atoms with Gasteiger partial charge >= 0.3 is 0 Å². The van der Waals surface area contributed by atoms with Crippen LogP contribution in [0.25, 0.3) is 0 Å². The minimum atomic E-state index is -3.33. The van der Waals surface area contributed by atoms with Crippen LogP contribution in [0.2, 0.25) is 0 Å². The van der Waals surface area contributed by atoms with Crippen LogP contribution in [0.15, 0.2) is 43.0 Å². The van der Waals surface area contributed by atoms with Crippen LogP contribution in [0.1, 0.15) is 5.56 Å². The molecule has 0 unspecified atom stereocenters. The summed E-state index contributed by atoms with van der Waals surface area (Å²) in [5, 5.41) is 3.32. The van der Waals surface area contributed by atoms with Gasteiger partial charge in [-0.25, -0.2) is 13.4 Å². The summed E-state index contributed by atoms with van der Waals surface area (Å²) in [6.45, 7) is 1.000. The molecule has 4 rings (SSSR count). The number of hydrogen-bond donors (Lipinski definition) is 0. The van der Waals surface area contributed by atoms with Crippen molar-refractivity contribution < 1.29 is 17.9 Å². The number of ether oxygens (including phenoxy) is 1. The molecule has 9 heteroatoms. The van der Waals surface area contributed by atoms with E-state index < -0.39 is 20.7 Å². The highest BCUT2D eigenvalue weighted by molar-refractivity contribution is 7.92. The molecule has 1 aromatic carbocycles. The lowest BCUT2D eigenvalue weighted by molar-refractivity contribution is -0.164. The Morgan fingerprint density at radius 2 is 2.04 bits per heavy atom. The Kier molecular flexibility index (Phi) is 4.28. The molecule has 2 aliphatic rings. The highest BCUT2D eigenvalue weighted by Gasteiger charge is 2.53. The molecule has 0 aliphatic carbocycles. The third kappa shape index (κ3) is 3.36. The fourth-order valence-corrected chi connectivity index (χ4v) is 5.38. The molecular formula is C17H20N4O4S. The number of carbonyl (C=O) groups is 1. The number of carbonyl (C=O) groups excluding carboxylic acids is 1. The van der Waals surface area contributed by atoms with Crippen molar-refractivity contribution in [3.05, 3.63) is 48.5 Å². The first-order valence-corrected chi connectivity index (χ1v) is 10.2. The standard InChI is InChI=1S/C17H20N4O4S/c22-16(6-14-4-2-1-3-5-14)20-9-17(10-20)11-26(23,24)15(8-25-17)7-21-13-18-12-19-21/h1-5,12-13,15H,6-11H2/t15-/m0/s1. The fraction of sp³-hybridized carbons (Fsp3) is 0.471. The Balaban J connectivity index is 1.35. The van der Waals surface area contributed by atoms with E-state index in [4.69, 9.17) is 4.74 Å². The zero-order chi connectivity index (χ0) is 18.2. The maximum Gasteiger partial charge on any atom is 0.227 e. The van der Waals surface area contributed by atoms with Crippen molar-refractivity contribution in [1.82, 2.24) is 19.7 Å². The number of sulfone groups is 1. The fourth-order valence-electron chi connectivity index (χ4n) is 3.49. The second kappa shape index (κ2) is 6.48. The largest absolute Gasteiger partial charge is 0.369 e. The normalized spacial score (nSPS) is 23.5. The molecule has 0 radical (unpaired) electrons. The zero-order valence-electron chi connectivity index (χ0n) is 14.2. The van der Waals surface area contributed by atoms with Crippen LogP contribution in [-0.4, -0.2) is 70.3 Å². The summed E-state index contributed by atoms with van der Waals surface area (Å²) < 4.78 is 32.7. The van der Waals surface area contributed by atoms with E-state index in [1.807, 2.05) is 30.3 Å². The molecule has 0 saturated carbocycles. The molecule has 1 aromatic heterocycles. The van der Waals surface area contributed by atoms with Crippen LogP contribution >= 0.6 is 0 Å². The van der Waals surface area contributed by atoms with Gasteiger partial charge in [0.2, 0.25) is 5.91 Å². The summed E-state index contributed by atoms with van der Waals surface area (Å²) in [6, 6.07) is 9.51. The van der Waals surface area contributed by atoms with E-state index in [9.17, 15) is 13.2 Å². The Morgan fingerprint density at radius 3 is 2.69 bits per heavy atom. The molecule has 3 heterocycles. The smallest absolute Gasteiger partial charge is 0.227 e. The van der Waals surface area contributed by atoms with Gasteiger partial charge < -0.3 is 9.64 Å². The molecule has 1 spiro atoms. The van der Waals surface area contributed by atoms with Crippen molar-refractivity contribution in [2.24, 2.45) is 0 Å². The van der Waals surface area contributed by atoms with E-state index in [1.165, 1.54) is 17.3 Å². The molecule has 138 valence electrons. The van der Waals surface area contributed by atoms with E-state index in [0.29, 0.717) is 19.5 Å². The summed E-state index contributed by atoms with van der Waals surface area (Å²) in [5.41, 5.74) is 0.188. The van der Waals surface area contributed by atoms with Crippen LogP contribution in [0.5, 0.6) is 0 Å². The van der Waals surface area contributed by atoms with E-state index >= 15 is 0 Å². The molecule has 2 aliphatic heterocycles. The molecule has 2 aromatic rings. The van der Waals surface area contributed by atoms with Gasteiger partial charge in [-0.3, -0.25) is 9.48 Å².